The van der Waals surface area contributed by atoms with Gasteiger partial charge >= 0.3 is 5.97 Å². The molecule has 0 saturated carbocycles. The maximum Gasteiger partial charge on any atom is 0.309 e. The number of esters is 1. The van der Waals surface area contributed by atoms with Crippen LogP contribution in [0.15, 0.2) is 24.3 Å². The van der Waals surface area contributed by atoms with E-state index in [-0.39, 0.29) is 17.8 Å². The highest BCUT2D eigenvalue weighted by atomic mass is 35.5. The van der Waals surface area contributed by atoms with Crippen molar-refractivity contribution in [2.75, 3.05) is 26.2 Å². The number of amides is 1. The van der Waals surface area contributed by atoms with Crippen LogP contribution in [0, 0.1) is 5.92 Å². The van der Waals surface area contributed by atoms with Gasteiger partial charge in [0.1, 0.15) is 0 Å². The van der Waals surface area contributed by atoms with Crippen LogP contribution in [0.2, 0.25) is 5.02 Å². The lowest BCUT2D eigenvalue weighted by molar-refractivity contribution is -0.897. The number of benzene rings is 1. The molecule has 1 saturated heterocycles. The molecule has 0 atom stereocenters. The van der Waals surface area contributed by atoms with Gasteiger partial charge in [-0.05, 0) is 24.6 Å². The molecule has 23 heavy (non-hydrogen) atoms. The fourth-order valence-electron chi connectivity index (χ4n) is 2.79. The van der Waals surface area contributed by atoms with E-state index >= 15 is 0 Å². The second kappa shape index (κ2) is 8.89. The van der Waals surface area contributed by atoms with Crippen molar-refractivity contribution < 1.29 is 19.2 Å². The zero-order valence-corrected chi connectivity index (χ0v) is 14.2. The zero-order chi connectivity index (χ0) is 16.7. The summed E-state index contributed by atoms with van der Waals surface area (Å²) in [5.41, 5.74) is 1.03. The monoisotopic (exact) mass is 339 g/mol. The standard InChI is InChI=1S/C17H23ClN2O3/c1-2-23-17(22)14-7-9-20(10-8-14)12-16(21)19-11-13-3-5-15(18)6-4-13/h3-6,14H,2,7-12H2,1H3,(H,19,21)/p+1. The molecular weight excluding hydrogens is 316 g/mol. The first-order valence-corrected chi connectivity index (χ1v) is 8.47. The number of nitrogens with one attached hydrogen (secondary N) is 2. The van der Waals surface area contributed by atoms with Gasteiger partial charge in [-0.3, -0.25) is 9.59 Å². The molecule has 1 heterocycles. The molecule has 2 N–H and O–H groups in total. The number of hydrogen-bond acceptors (Lipinski definition) is 3. The third-order valence-corrected chi connectivity index (χ3v) is 4.38. The molecule has 0 aliphatic carbocycles. The quantitative estimate of drug-likeness (QED) is 0.754. The van der Waals surface area contributed by atoms with Crippen LogP contribution < -0.4 is 10.2 Å². The van der Waals surface area contributed by atoms with Crippen LogP contribution >= 0.6 is 11.6 Å². The van der Waals surface area contributed by atoms with Crippen LogP contribution in [0.4, 0.5) is 0 Å². The lowest BCUT2D eigenvalue weighted by Gasteiger charge is -2.27. The van der Waals surface area contributed by atoms with E-state index in [0.717, 1.165) is 31.5 Å². The predicted octanol–water partition coefficient (Wildman–Crippen LogP) is 0.814. The van der Waals surface area contributed by atoms with Gasteiger partial charge in [-0.15, -0.1) is 0 Å². The minimum atomic E-state index is -0.0984. The first-order chi connectivity index (χ1) is 11.1. The van der Waals surface area contributed by atoms with E-state index in [1.54, 1.807) is 0 Å². The number of carbonyl (C=O) groups is 2. The molecule has 1 fully saturated rings. The molecule has 0 unspecified atom stereocenters. The van der Waals surface area contributed by atoms with E-state index in [1.807, 2.05) is 31.2 Å². The normalized spacial score (nSPS) is 20.8. The van der Waals surface area contributed by atoms with Crippen molar-refractivity contribution in [2.45, 2.75) is 26.3 Å². The summed E-state index contributed by atoms with van der Waals surface area (Å²) in [7, 11) is 0. The molecular formula is C17H24ClN2O3+. The molecule has 6 heteroatoms. The predicted molar refractivity (Wildman–Crippen MR) is 88.2 cm³/mol. The third-order valence-electron chi connectivity index (χ3n) is 4.13. The van der Waals surface area contributed by atoms with E-state index in [2.05, 4.69) is 5.32 Å². The van der Waals surface area contributed by atoms with E-state index in [1.165, 1.54) is 4.90 Å². The van der Waals surface area contributed by atoms with Crippen molar-refractivity contribution in [3.05, 3.63) is 34.9 Å². The minimum Gasteiger partial charge on any atom is -0.466 e. The van der Waals surface area contributed by atoms with E-state index in [4.69, 9.17) is 16.3 Å². The number of carbonyl (C=O) groups excluding carboxylic acids is 2. The summed E-state index contributed by atoms with van der Waals surface area (Å²) in [5.74, 6) is -0.0703. The number of piperidine rings is 1. The van der Waals surface area contributed by atoms with Crippen LogP contribution in [0.1, 0.15) is 25.3 Å². The number of ether oxygens (including phenoxy) is 1. The lowest BCUT2D eigenvalue weighted by atomic mass is 9.97. The molecule has 0 spiro atoms. The number of hydrogen-bond donors (Lipinski definition) is 2. The number of likely N-dealkylation sites (tertiary alicyclic amines) is 1. The molecule has 5 nitrogen and oxygen atoms in total. The van der Waals surface area contributed by atoms with Gasteiger partial charge < -0.3 is 15.0 Å². The summed E-state index contributed by atoms with van der Waals surface area (Å²) in [4.78, 5) is 24.9. The Labute approximate surface area is 141 Å². The number of rotatable bonds is 6. The fourth-order valence-corrected chi connectivity index (χ4v) is 2.92. The van der Waals surface area contributed by atoms with E-state index in [0.29, 0.717) is 24.7 Å². The lowest BCUT2D eigenvalue weighted by Crippen LogP contribution is -3.14. The summed E-state index contributed by atoms with van der Waals surface area (Å²) in [5, 5.41) is 3.61. The van der Waals surface area contributed by atoms with Crippen LogP contribution in [-0.2, 0) is 20.9 Å². The molecule has 1 aromatic carbocycles. The summed E-state index contributed by atoms with van der Waals surface area (Å²) in [6.45, 7) is 4.87. The SMILES string of the molecule is CCOC(=O)C1CC[NH+](CC(=O)NCc2ccc(Cl)cc2)CC1. The van der Waals surface area contributed by atoms with Crippen LogP contribution in [0.3, 0.4) is 0 Å². The second-order valence-corrected chi connectivity index (χ2v) is 6.29. The van der Waals surface area contributed by atoms with Crippen molar-refractivity contribution in [3.8, 4) is 0 Å². The van der Waals surface area contributed by atoms with Gasteiger partial charge in [-0.2, -0.15) is 0 Å². The molecule has 1 amide bonds. The fraction of sp³-hybridized carbons (Fsp3) is 0.529. The van der Waals surface area contributed by atoms with Crippen molar-refractivity contribution in [3.63, 3.8) is 0 Å². The average Bonchev–Trinajstić information content (AvgIpc) is 2.55. The number of quaternary nitrogens is 1. The molecule has 0 radical (unpaired) electrons. The highest BCUT2D eigenvalue weighted by Crippen LogP contribution is 2.11. The minimum absolute atomic E-state index is 0.00386. The Morgan fingerprint density at radius 2 is 1.91 bits per heavy atom. The Kier molecular flexibility index (Phi) is 6.86. The van der Waals surface area contributed by atoms with Gasteiger partial charge in [-0.1, -0.05) is 23.7 Å². The first kappa shape index (κ1) is 17.8. The van der Waals surface area contributed by atoms with Crippen molar-refractivity contribution in [2.24, 2.45) is 5.92 Å². The van der Waals surface area contributed by atoms with Crippen LogP contribution in [0.5, 0.6) is 0 Å². The van der Waals surface area contributed by atoms with Crippen molar-refractivity contribution >= 4 is 23.5 Å². The largest absolute Gasteiger partial charge is 0.466 e. The van der Waals surface area contributed by atoms with Gasteiger partial charge in [-0.25, -0.2) is 0 Å². The van der Waals surface area contributed by atoms with Crippen molar-refractivity contribution in [1.29, 1.82) is 0 Å². The summed E-state index contributed by atoms with van der Waals surface area (Å²) >= 11 is 5.83. The van der Waals surface area contributed by atoms with Crippen molar-refractivity contribution in [1.82, 2.24) is 5.32 Å². The Morgan fingerprint density at radius 1 is 1.26 bits per heavy atom. The second-order valence-electron chi connectivity index (χ2n) is 5.86. The maximum absolute atomic E-state index is 12.0. The molecule has 126 valence electrons. The summed E-state index contributed by atoms with van der Waals surface area (Å²) < 4.78 is 5.06. The maximum atomic E-state index is 12.0. The summed E-state index contributed by atoms with van der Waals surface area (Å²) in [6.07, 6.45) is 1.58. The highest BCUT2D eigenvalue weighted by Gasteiger charge is 2.29. The molecule has 2 rings (SSSR count). The molecule has 1 aliphatic rings. The number of halogens is 1. The van der Waals surface area contributed by atoms with E-state index in [9.17, 15) is 9.59 Å². The smallest absolute Gasteiger partial charge is 0.309 e. The Hall–Kier alpha value is -1.59. The summed E-state index contributed by atoms with van der Waals surface area (Å²) in [6, 6.07) is 7.43. The molecule has 0 bridgehead atoms. The van der Waals surface area contributed by atoms with Gasteiger partial charge in [0.05, 0.1) is 25.6 Å². The zero-order valence-electron chi connectivity index (χ0n) is 13.4. The molecule has 1 aliphatic heterocycles. The topological polar surface area (TPSA) is 59.8 Å². The Bertz CT molecular complexity index is 525. The molecule has 1 aromatic rings. The Morgan fingerprint density at radius 3 is 2.52 bits per heavy atom. The van der Waals surface area contributed by atoms with Gasteiger partial charge in [0.15, 0.2) is 6.54 Å². The van der Waals surface area contributed by atoms with Crippen LogP contribution in [-0.4, -0.2) is 38.1 Å². The third kappa shape index (κ3) is 5.84. The first-order valence-electron chi connectivity index (χ1n) is 8.09. The van der Waals surface area contributed by atoms with Crippen LogP contribution in [0.25, 0.3) is 0 Å². The van der Waals surface area contributed by atoms with Gasteiger partial charge in [0, 0.05) is 24.4 Å². The van der Waals surface area contributed by atoms with Gasteiger partial charge in [0.25, 0.3) is 5.91 Å². The van der Waals surface area contributed by atoms with Gasteiger partial charge in [0.2, 0.25) is 0 Å². The average molecular weight is 340 g/mol. The Balaban J connectivity index is 1.68. The highest BCUT2D eigenvalue weighted by molar-refractivity contribution is 6.30. The van der Waals surface area contributed by atoms with E-state index < -0.39 is 0 Å². The molecule has 0 aromatic heterocycles.